The van der Waals surface area contributed by atoms with Gasteiger partial charge in [0, 0.05) is 23.0 Å². The van der Waals surface area contributed by atoms with Crippen LogP contribution in [0.2, 0.25) is 5.02 Å². The zero-order valence-electron chi connectivity index (χ0n) is 16.8. The number of benzene rings is 2. The highest BCUT2D eigenvalue weighted by atomic mass is 35.5. The Morgan fingerprint density at radius 3 is 2.61 bits per heavy atom. The molecule has 1 aliphatic rings. The molecular weight excluding hydrogens is 375 g/mol. The van der Waals surface area contributed by atoms with Crippen LogP contribution in [0.1, 0.15) is 48.1 Å². The molecule has 1 fully saturated rings. The average Bonchev–Trinajstić information content (AvgIpc) is 2.66. The molecule has 150 valence electrons. The van der Waals surface area contributed by atoms with Gasteiger partial charge in [-0.1, -0.05) is 41.4 Å². The van der Waals surface area contributed by atoms with Crippen molar-refractivity contribution < 1.29 is 9.18 Å². The third-order valence-corrected chi connectivity index (χ3v) is 5.86. The second kappa shape index (κ2) is 9.06. The van der Waals surface area contributed by atoms with Gasteiger partial charge in [0.05, 0.1) is 6.04 Å². The Bertz CT molecular complexity index is 846. The van der Waals surface area contributed by atoms with Crippen LogP contribution in [0.4, 0.5) is 4.39 Å². The summed E-state index contributed by atoms with van der Waals surface area (Å²) in [4.78, 5) is 14.9. The largest absolute Gasteiger partial charge is 0.349 e. The molecule has 0 saturated carbocycles. The van der Waals surface area contributed by atoms with E-state index in [1.165, 1.54) is 22.8 Å². The molecule has 0 aliphatic carbocycles. The van der Waals surface area contributed by atoms with Gasteiger partial charge in [-0.2, -0.15) is 0 Å². The summed E-state index contributed by atoms with van der Waals surface area (Å²) in [7, 11) is 0. The Kier molecular flexibility index (Phi) is 6.73. The molecule has 1 atom stereocenters. The van der Waals surface area contributed by atoms with Crippen molar-refractivity contribution in [3.8, 4) is 0 Å². The molecule has 0 spiro atoms. The number of hydrogen-bond acceptors (Lipinski definition) is 2. The van der Waals surface area contributed by atoms with E-state index < -0.39 is 0 Å². The molecule has 1 N–H and O–H groups in total. The summed E-state index contributed by atoms with van der Waals surface area (Å²) in [6.45, 7) is 8.31. The predicted octanol–water partition coefficient (Wildman–Crippen LogP) is 5.19. The Balaban J connectivity index is 1.52. The van der Waals surface area contributed by atoms with Gasteiger partial charge in [0.25, 0.3) is 0 Å². The van der Waals surface area contributed by atoms with Crippen molar-refractivity contribution in [3.63, 3.8) is 0 Å². The number of carbonyl (C=O) groups excluding carboxylic acids is 1. The molecule has 2 aromatic carbocycles. The van der Waals surface area contributed by atoms with Gasteiger partial charge in [-0.25, -0.2) is 4.39 Å². The fourth-order valence-electron chi connectivity index (χ4n) is 3.88. The van der Waals surface area contributed by atoms with Crippen LogP contribution in [-0.2, 0) is 11.3 Å². The number of nitrogens with one attached hydrogen (secondary N) is 1. The summed E-state index contributed by atoms with van der Waals surface area (Å²) in [5.74, 6) is -0.140. The predicted molar refractivity (Wildman–Crippen MR) is 112 cm³/mol. The van der Waals surface area contributed by atoms with Gasteiger partial charge in [0.15, 0.2) is 0 Å². The van der Waals surface area contributed by atoms with Gasteiger partial charge in [-0.05, 0) is 70.0 Å². The molecule has 0 unspecified atom stereocenters. The van der Waals surface area contributed by atoms with E-state index in [1.807, 2.05) is 6.92 Å². The van der Waals surface area contributed by atoms with Crippen LogP contribution in [0.15, 0.2) is 36.4 Å². The highest BCUT2D eigenvalue weighted by molar-refractivity contribution is 6.30. The summed E-state index contributed by atoms with van der Waals surface area (Å²) >= 11 is 5.82. The van der Waals surface area contributed by atoms with Gasteiger partial charge in [0.1, 0.15) is 5.82 Å². The molecule has 3 rings (SSSR count). The van der Waals surface area contributed by atoms with Crippen molar-refractivity contribution in [1.82, 2.24) is 10.2 Å². The maximum Gasteiger partial charge on any atom is 0.223 e. The number of rotatable bonds is 5. The van der Waals surface area contributed by atoms with Crippen molar-refractivity contribution in [1.29, 1.82) is 0 Å². The fraction of sp³-hybridized carbons (Fsp3) is 0.435. The average molecular weight is 403 g/mol. The standard InChI is InChI=1S/C23H28ClFN2O/c1-15-4-5-16(2)21(12-15)17(3)26-23(28)18-8-10-27(11-9-18)14-19-6-7-20(24)13-22(19)25/h4-7,12-13,17-18H,8-11,14H2,1-3H3,(H,26,28)/t17-/m1/s1. The van der Waals surface area contributed by atoms with Crippen LogP contribution < -0.4 is 5.32 Å². The van der Waals surface area contributed by atoms with Crippen LogP contribution in [0.5, 0.6) is 0 Å². The second-order valence-electron chi connectivity index (χ2n) is 7.88. The Hall–Kier alpha value is -1.91. The zero-order chi connectivity index (χ0) is 20.3. The van der Waals surface area contributed by atoms with Crippen LogP contribution in [0.25, 0.3) is 0 Å². The topological polar surface area (TPSA) is 32.3 Å². The van der Waals surface area contributed by atoms with Gasteiger partial charge < -0.3 is 5.32 Å². The van der Waals surface area contributed by atoms with E-state index in [0.717, 1.165) is 25.9 Å². The molecule has 1 heterocycles. The fourth-order valence-corrected chi connectivity index (χ4v) is 4.04. The highest BCUT2D eigenvalue weighted by Gasteiger charge is 2.26. The molecule has 3 nitrogen and oxygen atoms in total. The first-order valence-electron chi connectivity index (χ1n) is 9.87. The zero-order valence-corrected chi connectivity index (χ0v) is 17.5. The minimum atomic E-state index is -0.269. The Labute approximate surface area is 171 Å². The van der Waals surface area contributed by atoms with Crippen molar-refractivity contribution in [2.24, 2.45) is 5.92 Å². The summed E-state index contributed by atoms with van der Waals surface area (Å²) < 4.78 is 14.0. The van der Waals surface area contributed by atoms with Crippen LogP contribution in [0, 0.1) is 25.6 Å². The molecule has 2 aromatic rings. The lowest BCUT2D eigenvalue weighted by atomic mass is 9.94. The molecule has 0 bridgehead atoms. The van der Waals surface area contributed by atoms with Crippen LogP contribution in [-0.4, -0.2) is 23.9 Å². The maximum atomic E-state index is 14.0. The molecular formula is C23H28ClFN2O. The lowest BCUT2D eigenvalue weighted by Gasteiger charge is -2.32. The first-order chi connectivity index (χ1) is 13.3. The van der Waals surface area contributed by atoms with Gasteiger partial charge >= 0.3 is 0 Å². The van der Waals surface area contributed by atoms with Crippen molar-refractivity contribution in [3.05, 3.63) is 69.5 Å². The molecule has 0 aromatic heterocycles. The quantitative estimate of drug-likeness (QED) is 0.746. The maximum absolute atomic E-state index is 14.0. The van der Waals surface area contributed by atoms with E-state index in [2.05, 4.69) is 42.3 Å². The Morgan fingerprint density at radius 1 is 1.21 bits per heavy atom. The third-order valence-electron chi connectivity index (χ3n) is 5.63. The van der Waals surface area contributed by atoms with E-state index in [1.54, 1.807) is 12.1 Å². The normalized spacial score (nSPS) is 16.8. The minimum Gasteiger partial charge on any atom is -0.349 e. The van der Waals surface area contributed by atoms with Gasteiger partial charge in [0.2, 0.25) is 5.91 Å². The molecule has 1 aliphatic heterocycles. The first kappa shape index (κ1) is 20.8. The summed E-state index contributed by atoms with van der Waals surface area (Å²) in [6, 6.07) is 11.1. The second-order valence-corrected chi connectivity index (χ2v) is 8.31. The van der Waals surface area contributed by atoms with Gasteiger partial charge in [-0.15, -0.1) is 0 Å². The number of likely N-dealkylation sites (tertiary alicyclic amines) is 1. The van der Waals surface area contributed by atoms with E-state index in [9.17, 15) is 9.18 Å². The number of halogens is 2. The summed E-state index contributed by atoms with van der Waals surface area (Å²) in [5.41, 5.74) is 4.21. The molecule has 28 heavy (non-hydrogen) atoms. The molecule has 1 amide bonds. The molecule has 5 heteroatoms. The van der Waals surface area contributed by atoms with Crippen LogP contribution >= 0.6 is 11.6 Å². The van der Waals surface area contributed by atoms with Crippen molar-refractivity contribution in [2.75, 3.05) is 13.1 Å². The number of hydrogen-bond donors (Lipinski definition) is 1. The monoisotopic (exact) mass is 402 g/mol. The number of carbonyl (C=O) groups is 1. The van der Waals surface area contributed by atoms with E-state index in [4.69, 9.17) is 11.6 Å². The van der Waals surface area contributed by atoms with E-state index in [0.29, 0.717) is 17.1 Å². The molecule has 0 radical (unpaired) electrons. The third kappa shape index (κ3) is 5.12. The number of aryl methyl sites for hydroxylation is 2. The first-order valence-corrected chi connectivity index (χ1v) is 10.2. The highest BCUT2D eigenvalue weighted by Crippen LogP contribution is 2.24. The van der Waals surface area contributed by atoms with Crippen LogP contribution in [0.3, 0.4) is 0 Å². The summed E-state index contributed by atoms with van der Waals surface area (Å²) in [5, 5.41) is 3.59. The van der Waals surface area contributed by atoms with Crippen molar-refractivity contribution in [2.45, 2.75) is 46.2 Å². The molecule has 1 saturated heterocycles. The van der Waals surface area contributed by atoms with Gasteiger partial charge in [-0.3, -0.25) is 9.69 Å². The SMILES string of the molecule is Cc1ccc(C)c([C@@H](C)NC(=O)C2CCN(Cc3ccc(Cl)cc3F)CC2)c1. The van der Waals surface area contributed by atoms with E-state index in [-0.39, 0.29) is 23.7 Å². The number of amides is 1. The number of nitrogens with zero attached hydrogens (tertiary/aromatic N) is 1. The lowest BCUT2D eigenvalue weighted by Crippen LogP contribution is -2.41. The minimum absolute atomic E-state index is 0.00593. The lowest BCUT2D eigenvalue weighted by molar-refractivity contribution is -0.127. The van der Waals surface area contributed by atoms with E-state index >= 15 is 0 Å². The summed E-state index contributed by atoms with van der Waals surface area (Å²) in [6.07, 6.45) is 1.58. The number of piperidine rings is 1. The Morgan fingerprint density at radius 2 is 1.93 bits per heavy atom. The smallest absolute Gasteiger partial charge is 0.223 e. The van der Waals surface area contributed by atoms with Crippen molar-refractivity contribution >= 4 is 17.5 Å².